The predicted octanol–water partition coefficient (Wildman–Crippen LogP) is 4.58. The number of piperidine rings is 1. The zero-order valence-corrected chi connectivity index (χ0v) is 24.3. The average molecular weight is 528 g/mol. The first kappa shape index (κ1) is 29.1. The number of nitrogens with zero attached hydrogens (tertiary/aromatic N) is 4. The van der Waals surface area contributed by atoms with Crippen LogP contribution < -0.4 is 20.9 Å². The third-order valence-electron chi connectivity index (χ3n) is 8.86. The van der Waals surface area contributed by atoms with Gasteiger partial charge in [-0.05, 0) is 76.9 Å². The van der Waals surface area contributed by atoms with Crippen LogP contribution in [0.4, 0.5) is 11.8 Å². The Balaban J connectivity index is 1.44. The molecular weight excluding hydrogens is 474 g/mol. The van der Waals surface area contributed by atoms with E-state index in [1.54, 1.807) is 0 Å². The Morgan fingerprint density at radius 2 is 1.74 bits per heavy atom. The zero-order valence-electron chi connectivity index (χ0n) is 24.3. The highest BCUT2D eigenvalue weighted by Gasteiger charge is 2.36. The number of likely N-dealkylation sites (N-methyl/N-ethyl adjacent to an activating group) is 1. The minimum absolute atomic E-state index is 0.124. The quantitative estimate of drug-likeness (QED) is 0.389. The van der Waals surface area contributed by atoms with Crippen molar-refractivity contribution in [2.75, 3.05) is 43.4 Å². The molecule has 3 N–H and O–H groups in total. The van der Waals surface area contributed by atoms with E-state index in [1.807, 2.05) is 13.2 Å². The van der Waals surface area contributed by atoms with Gasteiger partial charge in [-0.3, -0.25) is 9.69 Å². The lowest BCUT2D eigenvalue weighted by atomic mass is 9.87. The maximum atomic E-state index is 12.9. The van der Waals surface area contributed by atoms with Gasteiger partial charge in [0.2, 0.25) is 11.9 Å². The van der Waals surface area contributed by atoms with Gasteiger partial charge >= 0.3 is 0 Å². The summed E-state index contributed by atoms with van der Waals surface area (Å²) in [6.45, 7) is 8.37. The number of nitrogens with one attached hydrogen (secondary N) is 3. The van der Waals surface area contributed by atoms with Crippen LogP contribution in [0.25, 0.3) is 0 Å². The topological polar surface area (TPSA) is 85.4 Å². The number of aromatic nitrogens is 2. The van der Waals surface area contributed by atoms with Gasteiger partial charge in [0.1, 0.15) is 5.82 Å². The molecule has 0 aromatic carbocycles. The third kappa shape index (κ3) is 8.28. The number of rotatable bonds is 11. The zero-order chi connectivity index (χ0) is 26.7. The highest BCUT2D eigenvalue weighted by molar-refractivity contribution is 5.81. The van der Waals surface area contributed by atoms with Crippen molar-refractivity contribution in [2.45, 2.75) is 121 Å². The summed E-state index contributed by atoms with van der Waals surface area (Å²) in [4.78, 5) is 27.7. The minimum atomic E-state index is -0.125. The second-order valence-corrected chi connectivity index (χ2v) is 12.2. The first-order valence-electron chi connectivity index (χ1n) is 15.6. The van der Waals surface area contributed by atoms with Gasteiger partial charge in [0, 0.05) is 44.0 Å². The molecule has 2 unspecified atom stereocenters. The van der Waals surface area contributed by atoms with E-state index >= 15 is 0 Å². The van der Waals surface area contributed by atoms with Crippen LogP contribution in [-0.2, 0) is 4.79 Å². The summed E-state index contributed by atoms with van der Waals surface area (Å²) in [5.41, 5.74) is 0. The highest BCUT2D eigenvalue weighted by atomic mass is 16.2. The number of anilines is 2. The first-order valence-corrected chi connectivity index (χ1v) is 15.6. The Kier molecular flexibility index (Phi) is 11.5. The van der Waals surface area contributed by atoms with E-state index in [2.05, 4.69) is 50.6 Å². The summed E-state index contributed by atoms with van der Waals surface area (Å²) >= 11 is 0. The Hall–Kier alpha value is -1.93. The third-order valence-corrected chi connectivity index (χ3v) is 8.86. The van der Waals surface area contributed by atoms with Crippen molar-refractivity contribution in [1.82, 2.24) is 25.5 Å². The molecule has 1 aliphatic carbocycles. The van der Waals surface area contributed by atoms with Crippen molar-refractivity contribution in [3.8, 4) is 0 Å². The molecule has 8 nitrogen and oxygen atoms in total. The van der Waals surface area contributed by atoms with E-state index in [0.29, 0.717) is 24.5 Å². The van der Waals surface area contributed by atoms with Crippen molar-refractivity contribution >= 4 is 17.7 Å². The van der Waals surface area contributed by atoms with Gasteiger partial charge < -0.3 is 20.9 Å². The van der Waals surface area contributed by atoms with E-state index in [4.69, 9.17) is 4.98 Å². The van der Waals surface area contributed by atoms with Crippen LogP contribution in [0.3, 0.4) is 0 Å². The van der Waals surface area contributed by atoms with Crippen molar-refractivity contribution in [2.24, 2.45) is 5.92 Å². The van der Waals surface area contributed by atoms with Gasteiger partial charge in [-0.25, -0.2) is 4.98 Å². The van der Waals surface area contributed by atoms with Gasteiger partial charge in [0.15, 0.2) is 0 Å². The van der Waals surface area contributed by atoms with Crippen LogP contribution in [0, 0.1) is 5.92 Å². The van der Waals surface area contributed by atoms with Crippen LogP contribution in [0.15, 0.2) is 12.3 Å². The summed E-state index contributed by atoms with van der Waals surface area (Å²) in [5, 5.41) is 10.2. The smallest absolute Gasteiger partial charge is 0.237 e. The van der Waals surface area contributed by atoms with E-state index in [-0.39, 0.29) is 18.0 Å². The van der Waals surface area contributed by atoms with E-state index in [1.165, 1.54) is 64.2 Å². The number of amides is 1. The van der Waals surface area contributed by atoms with Crippen LogP contribution in [0.2, 0.25) is 0 Å². The van der Waals surface area contributed by atoms with E-state index < -0.39 is 0 Å². The molecule has 3 heterocycles. The fourth-order valence-corrected chi connectivity index (χ4v) is 6.84. The van der Waals surface area contributed by atoms with Crippen LogP contribution in [0.5, 0.6) is 0 Å². The molecule has 1 saturated carbocycles. The largest absolute Gasteiger partial charge is 0.356 e. The Morgan fingerprint density at radius 1 is 1.00 bits per heavy atom. The van der Waals surface area contributed by atoms with Gasteiger partial charge in [-0.15, -0.1) is 0 Å². The van der Waals surface area contributed by atoms with Crippen LogP contribution in [-0.4, -0.2) is 78.2 Å². The second-order valence-electron chi connectivity index (χ2n) is 12.2. The second kappa shape index (κ2) is 15.0. The number of carbonyl (C=O) groups excluding carboxylic acids is 1. The molecule has 1 amide bonds. The van der Waals surface area contributed by atoms with Crippen molar-refractivity contribution in [3.05, 3.63) is 12.3 Å². The highest BCUT2D eigenvalue weighted by Crippen LogP contribution is 2.31. The molecule has 3 fully saturated rings. The number of likely N-dealkylation sites (tertiary alicyclic amines) is 1. The first-order chi connectivity index (χ1) is 18.5. The summed E-state index contributed by atoms with van der Waals surface area (Å²) in [6, 6.07) is 3.26. The molecule has 0 radical (unpaired) electrons. The Bertz CT molecular complexity index is 836. The maximum absolute atomic E-state index is 12.9. The van der Waals surface area contributed by atoms with Crippen LogP contribution >= 0.6 is 0 Å². The SMILES string of the molecule is CN[C@@H](CC(C)C)C(=O)NCCC1C(Nc2nccc(N3CCCCCC3)n2)CCCN1C1CCCCC1. The van der Waals surface area contributed by atoms with Gasteiger partial charge in [-0.1, -0.05) is 46.0 Å². The Labute approximate surface area is 231 Å². The van der Waals surface area contributed by atoms with Gasteiger partial charge in [0.05, 0.1) is 6.04 Å². The lowest BCUT2D eigenvalue weighted by Crippen LogP contribution is -2.56. The molecule has 2 aliphatic heterocycles. The standard InChI is InChI=1S/C30H53N7O/c1-23(2)22-26(31-3)29(38)32-17-15-27-25(14-11-21-37(27)24-12-7-6-8-13-24)34-30-33-18-16-28(35-30)36-19-9-4-5-10-20-36/h16,18,23-27,31H,4-15,17,19-22H2,1-3H3,(H,32,38)(H,33,34,35)/t25?,26-,27?/m0/s1. The molecule has 1 aromatic rings. The summed E-state index contributed by atoms with van der Waals surface area (Å²) in [5.74, 6) is 2.41. The molecule has 2 saturated heterocycles. The molecule has 0 bridgehead atoms. The number of hydrogen-bond donors (Lipinski definition) is 3. The molecular formula is C30H53N7O. The van der Waals surface area contributed by atoms with Crippen LogP contribution in [0.1, 0.15) is 97.3 Å². The summed E-state index contributed by atoms with van der Waals surface area (Å²) in [6.07, 6.45) is 17.8. The molecule has 38 heavy (non-hydrogen) atoms. The number of hydrogen-bond acceptors (Lipinski definition) is 7. The molecule has 1 aromatic heterocycles. The monoisotopic (exact) mass is 527 g/mol. The molecule has 4 rings (SSSR count). The number of carbonyl (C=O) groups is 1. The van der Waals surface area contributed by atoms with Crippen molar-refractivity contribution in [3.63, 3.8) is 0 Å². The lowest BCUT2D eigenvalue weighted by Gasteiger charge is -2.47. The Morgan fingerprint density at radius 3 is 2.45 bits per heavy atom. The fraction of sp³-hybridized carbons (Fsp3) is 0.833. The molecule has 214 valence electrons. The summed E-state index contributed by atoms with van der Waals surface area (Å²) in [7, 11) is 1.89. The minimum Gasteiger partial charge on any atom is -0.356 e. The van der Waals surface area contributed by atoms with E-state index in [0.717, 1.165) is 50.7 Å². The maximum Gasteiger partial charge on any atom is 0.237 e. The van der Waals surface area contributed by atoms with Gasteiger partial charge in [0.25, 0.3) is 0 Å². The van der Waals surface area contributed by atoms with Crippen molar-refractivity contribution < 1.29 is 4.79 Å². The molecule has 8 heteroatoms. The molecule has 3 aliphatic rings. The van der Waals surface area contributed by atoms with E-state index in [9.17, 15) is 4.79 Å². The van der Waals surface area contributed by atoms with Gasteiger partial charge in [-0.2, -0.15) is 4.98 Å². The fourth-order valence-electron chi connectivity index (χ4n) is 6.84. The lowest BCUT2D eigenvalue weighted by molar-refractivity contribution is -0.123. The average Bonchev–Trinajstić information content (AvgIpc) is 3.23. The predicted molar refractivity (Wildman–Crippen MR) is 157 cm³/mol. The normalized spacial score (nSPS) is 24.7. The molecule has 0 spiro atoms. The summed E-state index contributed by atoms with van der Waals surface area (Å²) < 4.78 is 0. The van der Waals surface area contributed by atoms with Crippen molar-refractivity contribution in [1.29, 1.82) is 0 Å². The molecule has 3 atom stereocenters.